The van der Waals surface area contributed by atoms with Crippen LogP contribution in [0.25, 0.3) is 0 Å². The third kappa shape index (κ3) is 2.90. The second-order valence-corrected chi connectivity index (χ2v) is 5.56. The molecule has 3 rings (SSSR count). The Balaban J connectivity index is 1.43. The highest BCUT2D eigenvalue weighted by Gasteiger charge is 2.34. The van der Waals surface area contributed by atoms with Crippen molar-refractivity contribution in [3.8, 4) is 0 Å². The Morgan fingerprint density at radius 1 is 1.47 bits per heavy atom. The zero-order valence-electron chi connectivity index (χ0n) is 10.6. The van der Waals surface area contributed by atoms with Crippen LogP contribution in [0.4, 0.5) is 0 Å². The Kier molecular flexibility index (Phi) is 3.21. The molecular formula is C14H22N2O. The van der Waals surface area contributed by atoms with Crippen molar-refractivity contribution in [1.29, 1.82) is 0 Å². The van der Waals surface area contributed by atoms with Gasteiger partial charge in [0.15, 0.2) is 0 Å². The number of hydrogen-bond acceptors (Lipinski definition) is 3. The van der Waals surface area contributed by atoms with Crippen LogP contribution < -0.4 is 5.32 Å². The van der Waals surface area contributed by atoms with Crippen LogP contribution in [0, 0.1) is 0 Å². The lowest BCUT2D eigenvalue weighted by Crippen LogP contribution is -2.39. The van der Waals surface area contributed by atoms with Gasteiger partial charge in [-0.15, -0.1) is 0 Å². The highest BCUT2D eigenvalue weighted by Crippen LogP contribution is 2.29. The molecule has 94 valence electrons. The van der Waals surface area contributed by atoms with Gasteiger partial charge in [0.1, 0.15) is 5.76 Å². The number of likely N-dealkylation sites (tertiary alicyclic amines) is 1. The first-order valence-electron chi connectivity index (χ1n) is 6.84. The summed E-state index contributed by atoms with van der Waals surface area (Å²) in [6.45, 7) is 4.78. The molecule has 0 bridgehead atoms. The summed E-state index contributed by atoms with van der Waals surface area (Å²) in [4.78, 5) is 2.65. The molecule has 2 aliphatic rings. The fourth-order valence-electron chi connectivity index (χ4n) is 2.89. The van der Waals surface area contributed by atoms with Gasteiger partial charge in [-0.3, -0.25) is 4.90 Å². The van der Waals surface area contributed by atoms with Crippen LogP contribution in [-0.4, -0.2) is 36.1 Å². The van der Waals surface area contributed by atoms with Gasteiger partial charge in [0.25, 0.3) is 0 Å². The molecule has 1 aromatic rings. The summed E-state index contributed by atoms with van der Waals surface area (Å²) in [5.74, 6) is 1.09. The minimum atomic E-state index is 0.505. The van der Waals surface area contributed by atoms with Crippen molar-refractivity contribution >= 4 is 0 Å². The summed E-state index contributed by atoms with van der Waals surface area (Å²) in [5.41, 5.74) is 0. The standard InChI is InChI=1S/C14H22N2O/c1-11(9-14-3-2-8-17-14)15-12-6-7-16(10-12)13-4-5-13/h2-3,8,11-13,15H,4-7,9-10H2,1H3. The maximum Gasteiger partial charge on any atom is 0.105 e. The van der Waals surface area contributed by atoms with E-state index in [4.69, 9.17) is 4.42 Å². The largest absolute Gasteiger partial charge is 0.469 e. The van der Waals surface area contributed by atoms with Crippen LogP contribution in [0.5, 0.6) is 0 Å². The first-order valence-corrected chi connectivity index (χ1v) is 6.84. The van der Waals surface area contributed by atoms with Gasteiger partial charge < -0.3 is 9.73 Å². The number of nitrogens with zero attached hydrogens (tertiary/aromatic N) is 1. The van der Waals surface area contributed by atoms with Gasteiger partial charge in [0.2, 0.25) is 0 Å². The Morgan fingerprint density at radius 3 is 3.06 bits per heavy atom. The maximum atomic E-state index is 5.39. The molecule has 3 heteroatoms. The minimum Gasteiger partial charge on any atom is -0.469 e. The fraction of sp³-hybridized carbons (Fsp3) is 0.714. The predicted molar refractivity (Wildman–Crippen MR) is 68.0 cm³/mol. The van der Waals surface area contributed by atoms with E-state index < -0.39 is 0 Å². The summed E-state index contributed by atoms with van der Waals surface area (Å²) >= 11 is 0. The molecule has 1 N–H and O–H groups in total. The van der Waals surface area contributed by atoms with Crippen molar-refractivity contribution in [3.05, 3.63) is 24.2 Å². The van der Waals surface area contributed by atoms with E-state index in [1.54, 1.807) is 6.26 Å². The first-order chi connectivity index (χ1) is 8.31. The highest BCUT2D eigenvalue weighted by molar-refractivity contribution is 5.00. The molecule has 0 radical (unpaired) electrons. The topological polar surface area (TPSA) is 28.4 Å². The molecule has 0 aromatic carbocycles. The smallest absolute Gasteiger partial charge is 0.105 e. The lowest BCUT2D eigenvalue weighted by Gasteiger charge is -2.19. The molecule has 2 atom stereocenters. The van der Waals surface area contributed by atoms with E-state index in [-0.39, 0.29) is 0 Å². The fourth-order valence-corrected chi connectivity index (χ4v) is 2.89. The van der Waals surface area contributed by atoms with Crippen LogP contribution in [0.1, 0.15) is 31.9 Å². The molecular weight excluding hydrogens is 212 g/mol. The SMILES string of the molecule is CC(Cc1ccco1)NC1CCN(C2CC2)C1. The molecule has 2 unspecified atom stereocenters. The molecule has 3 nitrogen and oxygen atoms in total. The Bertz CT molecular complexity index is 345. The Morgan fingerprint density at radius 2 is 2.35 bits per heavy atom. The molecule has 2 fully saturated rings. The van der Waals surface area contributed by atoms with Gasteiger partial charge in [-0.1, -0.05) is 0 Å². The highest BCUT2D eigenvalue weighted by atomic mass is 16.3. The average molecular weight is 234 g/mol. The van der Waals surface area contributed by atoms with E-state index >= 15 is 0 Å². The molecule has 1 aromatic heterocycles. The second-order valence-electron chi connectivity index (χ2n) is 5.56. The van der Waals surface area contributed by atoms with Crippen LogP contribution >= 0.6 is 0 Å². The second kappa shape index (κ2) is 4.83. The van der Waals surface area contributed by atoms with Gasteiger partial charge in [-0.05, 0) is 38.3 Å². The molecule has 1 aliphatic carbocycles. The lowest BCUT2D eigenvalue weighted by atomic mass is 10.1. The van der Waals surface area contributed by atoms with Crippen molar-refractivity contribution in [2.75, 3.05) is 13.1 Å². The molecule has 1 saturated heterocycles. The third-order valence-electron chi connectivity index (χ3n) is 3.89. The van der Waals surface area contributed by atoms with Crippen molar-refractivity contribution < 1.29 is 4.42 Å². The third-order valence-corrected chi connectivity index (χ3v) is 3.89. The quantitative estimate of drug-likeness (QED) is 0.845. The van der Waals surface area contributed by atoms with Crippen LogP contribution in [-0.2, 0) is 6.42 Å². The zero-order chi connectivity index (χ0) is 11.7. The molecule has 1 aliphatic heterocycles. The van der Waals surface area contributed by atoms with Crippen LogP contribution in [0.15, 0.2) is 22.8 Å². The Labute approximate surface area is 103 Å². The van der Waals surface area contributed by atoms with Crippen LogP contribution in [0.2, 0.25) is 0 Å². The van der Waals surface area contributed by atoms with Gasteiger partial charge in [-0.25, -0.2) is 0 Å². The number of hydrogen-bond donors (Lipinski definition) is 1. The zero-order valence-corrected chi connectivity index (χ0v) is 10.6. The molecule has 1 saturated carbocycles. The van der Waals surface area contributed by atoms with E-state index in [0.29, 0.717) is 12.1 Å². The molecule has 0 spiro atoms. The monoisotopic (exact) mass is 234 g/mol. The van der Waals surface area contributed by atoms with Crippen molar-refractivity contribution in [2.45, 2.75) is 50.7 Å². The van der Waals surface area contributed by atoms with Crippen LogP contribution in [0.3, 0.4) is 0 Å². The summed E-state index contributed by atoms with van der Waals surface area (Å²) in [6, 6.07) is 6.13. The number of nitrogens with one attached hydrogen (secondary N) is 1. The summed E-state index contributed by atoms with van der Waals surface area (Å²) in [5, 5.41) is 3.73. The minimum absolute atomic E-state index is 0.505. The number of furan rings is 1. The van der Waals surface area contributed by atoms with Crippen molar-refractivity contribution in [3.63, 3.8) is 0 Å². The van der Waals surface area contributed by atoms with Gasteiger partial charge in [0.05, 0.1) is 6.26 Å². The average Bonchev–Trinajstić information content (AvgIpc) is 2.84. The first kappa shape index (κ1) is 11.3. The van der Waals surface area contributed by atoms with Gasteiger partial charge in [0, 0.05) is 37.6 Å². The Hall–Kier alpha value is -0.800. The molecule has 0 amide bonds. The van der Waals surface area contributed by atoms with E-state index in [2.05, 4.69) is 23.2 Å². The summed E-state index contributed by atoms with van der Waals surface area (Å²) in [7, 11) is 0. The van der Waals surface area contributed by atoms with E-state index in [1.807, 2.05) is 6.07 Å². The van der Waals surface area contributed by atoms with E-state index in [1.165, 1.54) is 32.4 Å². The van der Waals surface area contributed by atoms with Crippen molar-refractivity contribution in [1.82, 2.24) is 10.2 Å². The maximum absolute atomic E-state index is 5.39. The normalized spacial score (nSPS) is 27.5. The predicted octanol–water partition coefficient (Wildman–Crippen LogP) is 2.04. The van der Waals surface area contributed by atoms with Crippen molar-refractivity contribution in [2.24, 2.45) is 0 Å². The summed E-state index contributed by atoms with van der Waals surface area (Å²) < 4.78 is 5.39. The van der Waals surface area contributed by atoms with E-state index in [9.17, 15) is 0 Å². The van der Waals surface area contributed by atoms with Gasteiger partial charge >= 0.3 is 0 Å². The van der Waals surface area contributed by atoms with E-state index in [0.717, 1.165) is 18.2 Å². The molecule has 17 heavy (non-hydrogen) atoms. The summed E-state index contributed by atoms with van der Waals surface area (Å²) in [6.07, 6.45) is 6.90. The molecule has 2 heterocycles. The lowest BCUT2D eigenvalue weighted by molar-refractivity contribution is 0.312. The van der Waals surface area contributed by atoms with Gasteiger partial charge in [-0.2, -0.15) is 0 Å². The number of rotatable bonds is 5.